The minimum atomic E-state index is -0.660. The van der Waals surface area contributed by atoms with Gasteiger partial charge in [-0.15, -0.1) is 0 Å². The summed E-state index contributed by atoms with van der Waals surface area (Å²) in [6.45, 7) is 4.26. The topological polar surface area (TPSA) is 52.6 Å². The molecule has 136 valence electrons. The number of hydrogen-bond donors (Lipinski definition) is 0. The van der Waals surface area contributed by atoms with Gasteiger partial charge in [-0.1, -0.05) is 80.6 Å². The first kappa shape index (κ1) is 19.4. The van der Waals surface area contributed by atoms with Gasteiger partial charge in [0.15, 0.2) is 0 Å². The van der Waals surface area contributed by atoms with Crippen molar-refractivity contribution in [3.8, 4) is 0 Å². The van der Waals surface area contributed by atoms with E-state index in [1.54, 1.807) is 6.08 Å². The van der Waals surface area contributed by atoms with E-state index in [1.807, 2.05) is 74.5 Å². The standard InChI is InChI=1S/C22H24O4/c1-17(2)13-14-20(21(23)25-15-18-9-5-3-6-10-18)22(24)26-16-19-11-7-4-8-12-19/h3-12,14,17H,13,15-16H2,1-2H3. The molecule has 4 nitrogen and oxygen atoms in total. The molecule has 0 aliphatic carbocycles. The molecular formula is C22H24O4. The minimum absolute atomic E-state index is 0.0504. The number of carbonyl (C=O) groups is 2. The van der Waals surface area contributed by atoms with Gasteiger partial charge in [-0.05, 0) is 23.5 Å². The van der Waals surface area contributed by atoms with Gasteiger partial charge in [0.25, 0.3) is 0 Å². The lowest BCUT2D eigenvalue weighted by Crippen LogP contribution is -2.18. The molecule has 0 spiro atoms. The number of rotatable bonds is 8. The Morgan fingerprint density at radius 3 is 1.62 bits per heavy atom. The van der Waals surface area contributed by atoms with Crippen LogP contribution in [0.2, 0.25) is 0 Å². The van der Waals surface area contributed by atoms with E-state index in [1.165, 1.54) is 0 Å². The Morgan fingerprint density at radius 1 is 0.808 bits per heavy atom. The third-order valence-corrected chi connectivity index (χ3v) is 3.66. The fraction of sp³-hybridized carbons (Fsp3) is 0.273. The Labute approximate surface area is 154 Å². The molecule has 2 aromatic rings. The third-order valence-electron chi connectivity index (χ3n) is 3.66. The maximum atomic E-state index is 12.4. The van der Waals surface area contributed by atoms with Gasteiger partial charge in [-0.25, -0.2) is 9.59 Å². The zero-order chi connectivity index (χ0) is 18.8. The van der Waals surface area contributed by atoms with E-state index in [2.05, 4.69) is 0 Å². The largest absolute Gasteiger partial charge is 0.457 e. The van der Waals surface area contributed by atoms with Gasteiger partial charge in [-0.3, -0.25) is 0 Å². The second-order valence-corrected chi connectivity index (χ2v) is 6.37. The molecule has 0 aliphatic heterocycles. The lowest BCUT2D eigenvalue weighted by Gasteiger charge is -2.10. The molecule has 0 radical (unpaired) electrons. The molecule has 0 bridgehead atoms. The monoisotopic (exact) mass is 352 g/mol. The molecule has 0 aromatic heterocycles. The number of benzene rings is 2. The summed E-state index contributed by atoms with van der Waals surface area (Å²) in [7, 11) is 0. The van der Waals surface area contributed by atoms with E-state index in [9.17, 15) is 9.59 Å². The SMILES string of the molecule is CC(C)CC=C(C(=O)OCc1ccccc1)C(=O)OCc1ccccc1. The van der Waals surface area contributed by atoms with Crippen LogP contribution in [0.1, 0.15) is 31.4 Å². The van der Waals surface area contributed by atoms with Crippen LogP contribution in [0.3, 0.4) is 0 Å². The average Bonchev–Trinajstić information content (AvgIpc) is 2.66. The summed E-state index contributed by atoms with van der Waals surface area (Å²) in [6, 6.07) is 18.7. The molecular weight excluding hydrogens is 328 g/mol. The molecule has 0 N–H and O–H groups in total. The molecule has 2 rings (SSSR count). The zero-order valence-corrected chi connectivity index (χ0v) is 15.2. The Morgan fingerprint density at radius 2 is 1.23 bits per heavy atom. The van der Waals surface area contributed by atoms with E-state index in [0.717, 1.165) is 11.1 Å². The van der Waals surface area contributed by atoms with Crippen molar-refractivity contribution in [2.75, 3.05) is 0 Å². The van der Waals surface area contributed by atoms with Gasteiger partial charge in [0.2, 0.25) is 0 Å². The number of ether oxygens (including phenoxy) is 2. The highest BCUT2D eigenvalue weighted by atomic mass is 16.6. The molecule has 0 saturated heterocycles. The zero-order valence-electron chi connectivity index (χ0n) is 15.2. The van der Waals surface area contributed by atoms with E-state index in [-0.39, 0.29) is 18.8 Å². The summed E-state index contributed by atoms with van der Waals surface area (Å²) in [5.74, 6) is -1.01. The Bertz CT molecular complexity index is 676. The highest BCUT2D eigenvalue weighted by Gasteiger charge is 2.21. The van der Waals surface area contributed by atoms with Gasteiger partial charge in [-0.2, -0.15) is 0 Å². The summed E-state index contributed by atoms with van der Waals surface area (Å²) in [4.78, 5) is 24.8. The summed E-state index contributed by atoms with van der Waals surface area (Å²) >= 11 is 0. The number of allylic oxidation sites excluding steroid dienone is 1. The Kier molecular flexibility index (Phi) is 7.62. The van der Waals surface area contributed by atoms with Crippen molar-refractivity contribution in [3.05, 3.63) is 83.4 Å². The van der Waals surface area contributed by atoms with Crippen LogP contribution < -0.4 is 0 Å². The quantitative estimate of drug-likeness (QED) is 0.305. The van der Waals surface area contributed by atoms with Crippen molar-refractivity contribution < 1.29 is 19.1 Å². The van der Waals surface area contributed by atoms with Gasteiger partial charge in [0, 0.05) is 0 Å². The molecule has 0 saturated carbocycles. The van der Waals surface area contributed by atoms with Crippen LogP contribution in [0, 0.1) is 5.92 Å². The average molecular weight is 352 g/mol. The van der Waals surface area contributed by atoms with Crippen LogP contribution in [-0.2, 0) is 32.3 Å². The maximum absolute atomic E-state index is 12.4. The number of carbonyl (C=O) groups excluding carboxylic acids is 2. The van der Waals surface area contributed by atoms with Crippen LogP contribution >= 0.6 is 0 Å². The van der Waals surface area contributed by atoms with Crippen molar-refractivity contribution in [1.29, 1.82) is 0 Å². The lowest BCUT2D eigenvalue weighted by molar-refractivity contribution is -0.148. The first-order valence-corrected chi connectivity index (χ1v) is 8.68. The van der Waals surface area contributed by atoms with Crippen LogP contribution in [-0.4, -0.2) is 11.9 Å². The fourth-order valence-corrected chi connectivity index (χ4v) is 2.21. The molecule has 26 heavy (non-hydrogen) atoms. The predicted molar refractivity (Wildman–Crippen MR) is 100 cm³/mol. The van der Waals surface area contributed by atoms with Crippen LogP contribution in [0.25, 0.3) is 0 Å². The highest BCUT2D eigenvalue weighted by molar-refractivity contribution is 6.14. The molecule has 0 aliphatic rings. The maximum Gasteiger partial charge on any atom is 0.345 e. The summed E-state index contributed by atoms with van der Waals surface area (Å²) in [5, 5.41) is 0. The van der Waals surface area contributed by atoms with Crippen molar-refractivity contribution in [1.82, 2.24) is 0 Å². The second-order valence-electron chi connectivity index (χ2n) is 6.37. The molecule has 0 amide bonds. The summed E-state index contributed by atoms with van der Waals surface area (Å²) < 4.78 is 10.6. The first-order valence-electron chi connectivity index (χ1n) is 8.68. The number of esters is 2. The van der Waals surface area contributed by atoms with Crippen molar-refractivity contribution in [2.24, 2.45) is 5.92 Å². The van der Waals surface area contributed by atoms with Crippen molar-refractivity contribution in [3.63, 3.8) is 0 Å². The van der Waals surface area contributed by atoms with Gasteiger partial charge >= 0.3 is 11.9 Å². The van der Waals surface area contributed by atoms with E-state index in [4.69, 9.17) is 9.47 Å². The minimum Gasteiger partial charge on any atom is -0.457 e. The van der Waals surface area contributed by atoms with Crippen LogP contribution in [0.5, 0.6) is 0 Å². The fourth-order valence-electron chi connectivity index (χ4n) is 2.21. The Balaban J connectivity index is 2.00. The van der Waals surface area contributed by atoms with Crippen LogP contribution in [0.4, 0.5) is 0 Å². The molecule has 2 aromatic carbocycles. The first-order chi connectivity index (χ1) is 12.6. The molecule has 4 heteroatoms. The van der Waals surface area contributed by atoms with Gasteiger partial charge < -0.3 is 9.47 Å². The second kappa shape index (κ2) is 10.2. The molecule has 0 fully saturated rings. The van der Waals surface area contributed by atoms with E-state index >= 15 is 0 Å². The summed E-state index contributed by atoms with van der Waals surface area (Å²) in [5.41, 5.74) is 1.67. The van der Waals surface area contributed by atoms with Gasteiger partial charge in [0.05, 0.1) is 0 Å². The van der Waals surface area contributed by atoms with E-state index < -0.39 is 11.9 Å². The molecule has 0 heterocycles. The Hall–Kier alpha value is -2.88. The summed E-state index contributed by atoms with van der Waals surface area (Å²) in [6.07, 6.45) is 2.20. The predicted octanol–water partition coefficient (Wildman–Crippen LogP) is 4.45. The lowest BCUT2D eigenvalue weighted by atomic mass is 10.1. The van der Waals surface area contributed by atoms with E-state index in [0.29, 0.717) is 12.3 Å². The van der Waals surface area contributed by atoms with Crippen molar-refractivity contribution >= 4 is 11.9 Å². The molecule has 0 atom stereocenters. The molecule has 0 unspecified atom stereocenters. The van der Waals surface area contributed by atoms with Crippen LogP contribution in [0.15, 0.2) is 72.3 Å². The smallest absolute Gasteiger partial charge is 0.345 e. The third kappa shape index (κ3) is 6.55. The van der Waals surface area contributed by atoms with Crippen molar-refractivity contribution in [2.45, 2.75) is 33.5 Å². The highest BCUT2D eigenvalue weighted by Crippen LogP contribution is 2.12. The normalized spacial score (nSPS) is 10.3. The number of hydrogen-bond acceptors (Lipinski definition) is 4. The van der Waals surface area contributed by atoms with Gasteiger partial charge in [0.1, 0.15) is 18.8 Å².